The number of hydrogen-bond donors (Lipinski definition) is 1. The van der Waals surface area contributed by atoms with Gasteiger partial charge in [-0.1, -0.05) is 6.07 Å². The zero-order chi connectivity index (χ0) is 18.2. The van der Waals surface area contributed by atoms with Crippen molar-refractivity contribution in [2.24, 2.45) is 5.92 Å². The van der Waals surface area contributed by atoms with Gasteiger partial charge in [0.25, 0.3) is 0 Å². The van der Waals surface area contributed by atoms with Gasteiger partial charge in [0.05, 0.1) is 20.8 Å². The minimum atomic E-state index is -0.432. The summed E-state index contributed by atoms with van der Waals surface area (Å²) in [7, 11) is 3.21. The molecule has 1 aromatic rings. The van der Waals surface area contributed by atoms with E-state index in [9.17, 15) is 9.59 Å². The minimum Gasteiger partial charge on any atom is -0.493 e. The molecule has 0 aliphatic carbocycles. The van der Waals surface area contributed by atoms with Gasteiger partial charge < -0.3 is 24.4 Å². The number of benzene rings is 1. The molecule has 1 fully saturated rings. The normalized spacial score (nSPS) is 16.7. The third-order valence-corrected chi connectivity index (χ3v) is 4.22. The van der Waals surface area contributed by atoms with Crippen LogP contribution in [0, 0.1) is 5.92 Å². The zero-order valence-corrected chi connectivity index (χ0v) is 15.0. The number of ether oxygens (including phenoxy) is 3. The summed E-state index contributed by atoms with van der Waals surface area (Å²) in [6.07, 6.45) is 0.765. The average Bonchev–Trinajstić information content (AvgIpc) is 2.98. The van der Waals surface area contributed by atoms with E-state index in [4.69, 9.17) is 14.2 Å². The number of nitrogens with one attached hydrogen (secondary N) is 1. The Balaban J connectivity index is 1.83. The lowest BCUT2D eigenvalue weighted by Gasteiger charge is -2.17. The first-order valence-electron chi connectivity index (χ1n) is 8.46. The van der Waals surface area contributed by atoms with Crippen molar-refractivity contribution in [1.82, 2.24) is 10.2 Å². The Bertz CT molecular complexity index is 605. The molecule has 1 aliphatic heterocycles. The second-order valence-corrected chi connectivity index (χ2v) is 5.95. The third-order valence-electron chi connectivity index (χ3n) is 4.22. The molecule has 0 saturated carbocycles. The molecule has 1 N–H and O–H groups in total. The maximum Gasteiger partial charge on any atom is 0.407 e. The first kappa shape index (κ1) is 18.9. The fourth-order valence-corrected chi connectivity index (χ4v) is 2.92. The van der Waals surface area contributed by atoms with Crippen LogP contribution in [0.25, 0.3) is 0 Å². The SMILES string of the molecule is CCOC(=O)NCC1CC(=O)N(CCc2ccc(OC)c(OC)c2)C1. The van der Waals surface area contributed by atoms with Crippen molar-refractivity contribution in [2.45, 2.75) is 19.8 Å². The van der Waals surface area contributed by atoms with Crippen LogP contribution >= 0.6 is 0 Å². The monoisotopic (exact) mass is 350 g/mol. The molecule has 2 rings (SSSR count). The number of carbonyl (C=O) groups excluding carboxylic acids is 2. The van der Waals surface area contributed by atoms with Crippen LogP contribution in [0.15, 0.2) is 18.2 Å². The van der Waals surface area contributed by atoms with Crippen LogP contribution in [0.1, 0.15) is 18.9 Å². The summed E-state index contributed by atoms with van der Waals surface area (Å²) >= 11 is 0. The van der Waals surface area contributed by atoms with Gasteiger partial charge in [0.2, 0.25) is 5.91 Å². The molecule has 1 aromatic carbocycles. The number of methoxy groups -OCH3 is 2. The van der Waals surface area contributed by atoms with Crippen molar-refractivity contribution in [3.8, 4) is 11.5 Å². The summed E-state index contributed by atoms with van der Waals surface area (Å²) < 4.78 is 15.4. The maximum atomic E-state index is 12.1. The van der Waals surface area contributed by atoms with Crippen LogP contribution in [0.4, 0.5) is 4.79 Å². The molecule has 0 spiro atoms. The van der Waals surface area contributed by atoms with Crippen molar-refractivity contribution in [1.29, 1.82) is 0 Å². The Hall–Kier alpha value is -2.44. The Morgan fingerprint density at radius 1 is 1.28 bits per heavy atom. The van der Waals surface area contributed by atoms with Crippen molar-refractivity contribution < 1.29 is 23.8 Å². The number of likely N-dealkylation sites (tertiary alicyclic amines) is 1. The van der Waals surface area contributed by atoms with Crippen molar-refractivity contribution in [2.75, 3.05) is 40.5 Å². The molecule has 1 atom stereocenters. The second-order valence-electron chi connectivity index (χ2n) is 5.95. The van der Waals surface area contributed by atoms with Gasteiger partial charge in [-0.25, -0.2) is 4.79 Å². The maximum absolute atomic E-state index is 12.1. The van der Waals surface area contributed by atoms with E-state index in [1.807, 2.05) is 23.1 Å². The van der Waals surface area contributed by atoms with Crippen LogP contribution in [0.5, 0.6) is 11.5 Å². The molecular formula is C18H26N2O5. The van der Waals surface area contributed by atoms with E-state index in [1.54, 1.807) is 21.1 Å². The number of hydrogen-bond acceptors (Lipinski definition) is 5. The molecule has 1 unspecified atom stereocenters. The van der Waals surface area contributed by atoms with Crippen LogP contribution in [-0.2, 0) is 16.0 Å². The first-order valence-corrected chi connectivity index (χ1v) is 8.46. The topological polar surface area (TPSA) is 77.1 Å². The predicted molar refractivity (Wildman–Crippen MR) is 93.0 cm³/mol. The molecule has 25 heavy (non-hydrogen) atoms. The zero-order valence-electron chi connectivity index (χ0n) is 15.0. The summed E-state index contributed by atoms with van der Waals surface area (Å²) in [6, 6.07) is 5.77. The van der Waals surface area contributed by atoms with Crippen LogP contribution in [0.3, 0.4) is 0 Å². The van der Waals surface area contributed by atoms with E-state index < -0.39 is 6.09 Å². The van der Waals surface area contributed by atoms with Crippen LogP contribution < -0.4 is 14.8 Å². The molecule has 0 radical (unpaired) electrons. The second kappa shape index (κ2) is 9.15. The van der Waals surface area contributed by atoms with Crippen LogP contribution in [-0.4, -0.2) is 57.4 Å². The summed E-state index contributed by atoms with van der Waals surface area (Å²) in [4.78, 5) is 25.3. The number of rotatable bonds is 8. The van der Waals surface area contributed by atoms with Gasteiger partial charge in [0.15, 0.2) is 11.5 Å². The van der Waals surface area contributed by atoms with E-state index in [0.29, 0.717) is 44.2 Å². The highest BCUT2D eigenvalue weighted by Gasteiger charge is 2.29. The van der Waals surface area contributed by atoms with Crippen molar-refractivity contribution in [3.63, 3.8) is 0 Å². The van der Waals surface area contributed by atoms with E-state index in [2.05, 4.69) is 5.32 Å². The minimum absolute atomic E-state index is 0.121. The molecule has 0 bridgehead atoms. The lowest BCUT2D eigenvalue weighted by molar-refractivity contribution is -0.127. The fraction of sp³-hybridized carbons (Fsp3) is 0.556. The van der Waals surface area contributed by atoms with Gasteiger partial charge in [0, 0.05) is 32.0 Å². The highest BCUT2D eigenvalue weighted by Crippen LogP contribution is 2.28. The third kappa shape index (κ3) is 5.27. The molecule has 7 heteroatoms. The number of amides is 2. The summed E-state index contributed by atoms with van der Waals surface area (Å²) in [5, 5.41) is 2.70. The number of nitrogens with zero attached hydrogens (tertiary/aromatic N) is 1. The molecule has 2 amide bonds. The van der Waals surface area contributed by atoms with Gasteiger partial charge in [0.1, 0.15) is 0 Å². The average molecular weight is 350 g/mol. The van der Waals surface area contributed by atoms with Gasteiger partial charge >= 0.3 is 6.09 Å². The largest absolute Gasteiger partial charge is 0.493 e. The molecule has 0 aromatic heterocycles. The lowest BCUT2D eigenvalue weighted by atomic mass is 10.1. The number of alkyl carbamates (subject to hydrolysis) is 1. The van der Waals surface area contributed by atoms with Gasteiger partial charge in [-0.05, 0) is 31.0 Å². The van der Waals surface area contributed by atoms with Gasteiger partial charge in [-0.3, -0.25) is 4.79 Å². The lowest BCUT2D eigenvalue weighted by Crippen LogP contribution is -2.32. The first-order chi connectivity index (χ1) is 12.1. The molecule has 1 aliphatic rings. The Labute approximate surface area is 148 Å². The van der Waals surface area contributed by atoms with Crippen LogP contribution in [0.2, 0.25) is 0 Å². The standard InChI is InChI=1S/C18H26N2O5/c1-4-25-18(22)19-11-14-10-17(21)20(12-14)8-7-13-5-6-15(23-2)16(9-13)24-3/h5-6,9,14H,4,7-8,10-12H2,1-3H3,(H,19,22). The fourth-order valence-electron chi connectivity index (χ4n) is 2.92. The Kier molecular flexibility index (Phi) is 6.91. The van der Waals surface area contributed by atoms with Gasteiger partial charge in [-0.2, -0.15) is 0 Å². The highest BCUT2D eigenvalue weighted by molar-refractivity contribution is 5.78. The van der Waals surface area contributed by atoms with E-state index in [1.165, 1.54) is 0 Å². The summed E-state index contributed by atoms with van der Waals surface area (Å²) in [5.74, 6) is 1.62. The number of carbonyl (C=O) groups is 2. The van der Waals surface area contributed by atoms with E-state index in [0.717, 1.165) is 12.0 Å². The quantitative estimate of drug-likeness (QED) is 0.774. The highest BCUT2D eigenvalue weighted by atomic mass is 16.5. The van der Waals surface area contributed by atoms with E-state index in [-0.39, 0.29) is 11.8 Å². The van der Waals surface area contributed by atoms with Crippen molar-refractivity contribution in [3.05, 3.63) is 23.8 Å². The van der Waals surface area contributed by atoms with Gasteiger partial charge in [-0.15, -0.1) is 0 Å². The van der Waals surface area contributed by atoms with Crippen molar-refractivity contribution >= 4 is 12.0 Å². The Morgan fingerprint density at radius 3 is 2.72 bits per heavy atom. The molecular weight excluding hydrogens is 324 g/mol. The molecule has 138 valence electrons. The molecule has 7 nitrogen and oxygen atoms in total. The summed E-state index contributed by atoms with van der Waals surface area (Å²) in [5.41, 5.74) is 1.08. The Morgan fingerprint density at radius 2 is 2.04 bits per heavy atom. The predicted octanol–water partition coefficient (Wildman–Crippen LogP) is 1.84. The molecule has 1 saturated heterocycles. The molecule has 1 heterocycles. The smallest absolute Gasteiger partial charge is 0.407 e. The summed E-state index contributed by atoms with van der Waals surface area (Å²) in [6.45, 7) is 3.85. The van der Waals surface area contributed by atoms with E-state index >= 15 is 0 Å².